The first-order valence-corrected chi connectivity index (χ1v) is 19.4. The van der Waals surface area contributed by atoms with Crippen LogP contribution in [0.3, 0.4) is 0 Å². The summed E-state index contributed by atoms with van der Waals surface area (Å²) in [6.07, 6.45) is 9.43. The molecule has 1 fully saturated rings. The molecule has 0 radical (unpaired) electrons. The Morgan fingerprint density at radius 1 is 1.10 bits per heavy atom. The van der Waals surface area contributed by atoms with Gasteiger partial charge in [0.1, 0.15) is 22.5 Å². The second kappa shape index (κ2) is 14.6. The predicted octanol–water partition coefficient (Wildman–Crippen LogP) is 8.06. The first-order chi connectivity index (χ1) is 23.1. The number of aromatic nitrogens is 3. The van der Waals surface area contributed by atoms with Crippen molar-refractivity contribution in [3.8, 4) is 17.0 Å². The van der Waals surface area contributed by atoms with Crippen LogP contribution in [-0.2, 0) is 26.0 Å². The highest BCUT2D eigenvalue weighted by molar-refractivity contribution is 8.14. The van der Waals surface area contributed by atoms with E-state index in [1.165, 1.54) is 49.2 Å². The predicted molar refractivity (Wildman–Crippen MR) is 188 cm³/mol. The van der Waals surface area contributed by atoms with Crippen molar-refractivity contribution in [1.82, 2.24) is 13.8 Å². The molecular weight excluding hydrogens is 677 g/mol. The molecule has 0 N–H and O–H groups in total. The average Bonchev–Trinajstić information content (AvgIpc) is 3.75. The van der Waals surface area contributed by atoms with Gasteiger partial charge in [-0.25, -0.2) is 25.9 Å². The van der Waals surface area contributed by atoms with Gasteiger partial charge in [-0.2, -0.15) is 16.9 Å². The maximum atomic E-state index is 16.4. The van der Waals surface area contributed by atoms with E-state index in [1.807, 2.05) is 6.07 Å². The summed E-state index contributed by atoms with van der Waals surface area (Å²) in [7, 11) is -4.31. The molecule has 0 bridgehead atoms. The summed E-state index contributed by atoms with van der Waals surface area (Å²) in [6, 6.07) is 12.9. The van der Waals surface area contributed by atoms with E-state index in [1.54, 1.807) is 59.9 Å². The van der Waals surface area contributed by atoms with Crippen molar-refractivity contribution < 1.29 is 31.5 Å². The number of aryl methyl sites for hydroxylation is 1. The lowest BCUT2D eigenvalue weighted by atomic mass is 9.99. The van der Waals surface area contributed by atoms with E-state index in [0.717, 1.165) is 57.9 Å². The van der Waals surface area contributed by atoms with Crippen LogP contribution in [-0.4, -0.2) is 55.9 Å². The third-order valence-electron chi connectivity index (χ3n) is 8.62. The minimum absolute atomic E-state index is 0.0996. The number of carbonyl (C=O) groups excluding carboxylic acids is 1. The topological polar surface area (TPSA) is 92.4 Å². The second-order valence-electron chi connectivity index (χ2n) is 11.9. The molecule has 0 saturated carbocycles. The molecule has 2 aliphatic rings. The molecule has 2 aromatic carbocycles. The number of halogens is 2. The number of ether oxygens (including phenoxy) is 2. The largest absolute Gasteiger partial charge is 0.455 e. The number of allylic oxidation sites excluding steroid dienone is 2. The van der Waals surface area contributed by atoms with E-state index < -0.39 is 26.4 Å². The van der Waals surface area contributed by atoms with Gasteiger partial charge in [0, 0.05) is 48.4 Å². The average molecular weight is 714 g/mol. The lowest BCUT2D eigenvalue weighted by Gasteiger charge is -2.30. The number of hydrogen-bond donors (Lipinski definition) is 0. The van der Waals surface area contributed by atoms with E-state index >= 15 is 4.39 Å². The molecule has 0 spiro atoms. The maximum Gasteiger partial charge on any atom is 0.251 e. The zero-order valence-corrected chi connectivity index (χ0v) is 29.2. The molecule has 48 heavy (non-hydrogen) atoms. The minimum Gasteiger partial charge on any atom is -0.455 e. The van der Waals surface area contributed by atoms with E-state index in [4.69, 9.17) is 9.47 Å². The summed E-state index contributed by atoms with van der Waals surface area (Å²) in [5.41, 5.74) is 2.00. The molecule has 8 nitrogen and oxygen atoms in total. The highest BCUT2D eigenvalue weighted by Gasteiger charge is 2.48. The first kappa shape index (κ1) is 34.5. The van der Waals surface area contributed by atoms with Gasteiger partial charge >= 0.3 is 0 Å². The molecule has 13 heteroatoms. The van der Waals surface area contributed by atoms with Gasteiger partial charge in [-0.05, 0) is 92.8 Å². The van der Waals surface area contributed by atoms with Gasteiger partial charge in [0.05, 0.1) is 11.2 Å². The van der Waals surface area contributed by atoms with Crippen LogP contribution < -0.4 is 4.74 Å². The van der Waals surface area contributed by atoms with Crippen molar-refractivity contribution in [2.45, 2.75) is 56.9 Å². The van der Waals surface area contributed by atoms with Crippen molar-refractivity contribution >= 4 is 49.6 Å². The van der Waals surface area contributed by atoms with Gasteiger partial charge in [-0.15, -0.1) is 0 Å². The molecule has 2 unspecified atom stereocenters. The number of carbonyl (C=O) groups is 1. The van der Waals surface area contributed by atoms with Gasteiger partial charge in [0.2, 0.25) is 0 Å². The van der Waals surface area contributed by atoms with Crippen LogP contribution >= 0.6 is 23.5 Å². The van der Waals surface area contributed by atoms with Crippen molar-refractivity contribution in [3.05, 3.63) is 96.0 Å². The number of hydrogen-bond acceptors (Lipinski definition) is 8. The number of fused-ring (bicyclic) bond motifs is 1. The van der Waals surface area contributed by atoms with Crippen LogP contribution in [0.1, 0.15) is 51.3 Å². The Kier molecular flexibility index (Phi) is 10.5. The quantitative estimate of drug-likeness (QED) is 0.136. The summed E-state index contributed by atoms with van der Waals surface area (Å²) < 4.78 is 72.3. The Hall–Kier alpha value is -3.39. The minimum atomic E-state index is -4.31. The van der Waals surface area contributed by atoms with Crippen LogP contribution in [0.2, 0.25) is 0 Å². The highest BCUT2D eigenvalue weighted by Crippen LogP contribution is 2.41. The van der Waals surface area contributed by atoms with E-state index in [2.05, 4.69) is 5.10 Å². The summed E-state index contributed by atoms with van der Waals surface area (Å²) in [4.78, 5) is 11.1. The molecular formula is C35H37F2N3O5S3. The smallest absolute Gasteiger partial charge is 0.251 e. The molecule has 254 valence electrons. The zero-order chi connectivity index (χ0) is 33.9. The highest BCUT2D eigenvalue weighted by atomic mass is 32.2. The fourth-order valence-electron chi connectivity index (χ4n) is 5.96. The van der Waals surface area contributed by atoms with Gasteiger partial charge in [-0.1, -0.05) is 30.0 Å². The molecule has 2 atom stereocenters. The Bertz CT molecular complexity index is 1980. The molecule has 1 aliphatic carbocycles. The standard InChI is InChI=1S/C35H37F2N3O5S3/c1-24(41)47-22-21-46-20-15-25-7-5-8-31-27(25)13-18-40(31)48(42,43)35(2)16-6-9-32(34(35)37)45-26-11-12-29(36)28(23-26)30-14-17-39(38-30)33-10-3-4-19-44-33/h5-9,11-14,17-18,23,33H,3-4,10,15-16,19-22H2,1-2H3. The van der Waals surface area contributed by atoms with Crippen LogP contribution in [0, 0.1) is 5.82 Å². The van der Waals surface area contributed by atoms with Crippen LogP contribution in [0.5, 0.6) is 5.75 Å². The Balaban J connectivity index is 1.22. The molecule has 4 aromatic rings. The van der Waals surface area contributed by atoms with E-state index in [-0.39, 0.29) is 34.8 Å². The van der Waals surface area contributed by atoms with Crippen molar-refractivity contribution in [3.63, 3.8) is 0 Å². The fourth-order valence-corrected chi connectivity index (χ4v) is 9.32. The zero-order valence-electron chi connectivity index (χ0n) is 26.7. The van der Waals surface area contributed by atoms with Crippen LogP contribution in [0.4, 0.5) is 8.78 Å². The molecule has 6 rings (SSSR count). The fraction of sp³-hybridized carbons (Fsp3) is 0.371. The summed E-state index contributed by atoms with van der Waals surface area (Å²) in [6.45, 7) is 3.55. The molecule has 0 amide bonds. The lowest BCUT2D eigenvalue weighted by Crippen LogP contribution is -2.41. The monoisotopic (exact) mass is 713 g/mol. The van der Waals surface area contributed by atoms with Crippen molar-refractivity contribution in [1.29, 1.82) is 0 Å². The summed E-state index contributed by atoms with van der Waals surface area (Å²) in [5.74, 6) is 0.827. The Morgan fingerprint density at radius 3 is 2.75 bits per heavy atom. The van der Waals surface area contributed by atoms with E-state index in [0.29, 0.717) is 17.8 Å². The summed E-state index contributed by atoms with van der Waals surface area (Å²) >= 11 is 3.04. The van der Waals surface area contributed by atoms with Crippen molar-refractivity contribution in [2.75, 3.05) is 23.9 Å². The normalized spacial score (nSPS) is 20.0. The Labute approximate surface area is 287 Å². The number of rotatable bonds is 12. The SMILES string of the molecule is CC(=O)SCCSCCc1cccc2c1ccn2S(=O)(=O)C1(C)CC=CC(Oc2ccc(F)c(-c3ccn(C4CCCCO4)n3)c2)=C1F. The third kappa shape index (κ3) is 7.01. The molecule has 2 aromatic heterocycles. The molecule has 1 aliphatic heterocycles. The van der Waals surface area contributed by atoms with Crippen LogP contribution in [0.15, 0.2) is 84.7 Å². The Morgan fingerprint density at radius 2 is 1.96 bits per heavy atom. The lowest BCUT2D eigenvalue weighted by molar-refractivity contribution is -0.109. The molecule has 1 saturated heterocycles. The molecule has 3 heterocycles. The van der Waals surface area contributed by atoms with Gasteiger partial charge < -0.3 is 9.47 Å². The van der Waals surface area contributed by atoms with E-state index in [9.17, 15) is 17.6 Å². The van der Waals surface area contributed by atoms with Gasteiger partial charge in [0.25, 0.3) is 10.0 Å². The third-order valence-corrected chi connectivity index (χ3v) is 13.0. The number of thioether (sulfide) groups is 2. The number of benzene rings is 2. The first-order valence-electron chi connectivity index (χ1n) is 15.8. The van der Waals surface area contributed by atoms with Gasteiger partial charge in [0.15, 0.2) is 16.7 Å². The van der Waals surface area contributed by atoms with Crippen LogP contribution in [0.25, 0.3) is 22.2 Å². The van der Waals surface area contributed by atoms with Gasteiger partial charge in [-0.3, -0.25) is 4.79 Å². The maximum absolute atomic E-state index is 16.4. The summed E-state index contributed by atoms with van der Waals surface area (Å²) in [5, 5.41) is 5.40. The number of nitrogens with zero attached hydrogens (tertiary/aromatic N) is 3. The van der Waals surface area contributed by atoms with Crippen molar-refractivity contribution in [2.24, 2.45) is 0 Å². The second-order valence-corrected chi connectivity index (χ2v) is 16.7.